The van der Waals surface area contributed by atoms with Crippen LogP contribution in [-0.2, 0) is 4.74 Å². The molecule has 0 bridgehead atoms. The van der Waals surface area contributed by atoms with Gasteiger partial charge in [-0.1, -0.05) is 0 Å². The van der Waals surface area contributed by atoms with Crippen molar-refractivity contribution in [1.82, 2.24) is 5.32 Å². The third-order valence-electron chi connectivity index (χ3n) is 2.38. The van der Waals surface area contributed by atoms with E-state index in [0.717, 1.165) is 0 Å². The molecule has 0 saturated heterocycles. The first-order chi connectivity index (χ1) is 6.41. The van der Waals surface area contributed by atoms with Gasteiger partial charge in [0.05, 0.1) is 6.61 Å². The van der Waals surface area contributed by atoms with Crippen LogP contribution in [0.25, 0.3) is 0 Å². The fraction of sp³-hybridized carbons (Fsp3) is 1.00. The molecule has 0 aliphatic heterocycles. The number of ether oxygens (including phenoxy) is 1. The molecule has 0 heterocycles. The van der Waals surface area contributed by atoms with Crippen LogP contribution in [-0.4, -0.2) is 38.0 Å². The lowest BCUT2D eigenvalue weighted by molar-refractivity contribution is -0.166. The fourth-order valence-corrected chi connectivity index (χ4v) is 1.28. The third-order valence-corrected chi connectivity index (χ3v) is 2.38. The van der Waals surface area contributed by atoms with Crippen LogP contribution >= 0.6 is 0 Å². The highest BCUT2D eigenvalue weighted by Gasteiger charge is 2.62. The van der Waals surface area contributed by atoms with E-state index in [1.54, 1.807) is 0 Å². The minimum Gasteiger partial charge on any atom is -0.383 e. The summed E-state index contributed by atoms with van der Waals surface area (Å²) in [5.74, 6) is 0. The Balaban J connectivity index is 2.31. The second kappa shape index (κ2) is 4.04. The van der Waals surface area contributed by atoms with Gasteiger partial charge in [0.15, 0.2) is 0 Å². The molecular weight excluding hydrogens is 197 g/mol. The number of nitrogens with one attached hydrogen (secondary N) is 1. The van der Waals surface area contributed by atoms with Gasteiger partial charge in [-0.25, -0.2) is 0 Å². The van der Waals surface area contributed by atoms with Gasteiger partial charge in [0, 0.05) is 19.7 Å². The van der Waals surface area contributed by atoms with Gasteiger partial charge in [0.25, 0.3) is 0 Å². The lowest BCUT2D eigenvalue weighted by atomic mass is 10.2. The molecule has 0 aromatic carbocycles. The summed E-state index contributed by atoms with van der Waals surface area (Å²) in [5.41, 5.74) is 3.84. The first-order valence-electron chi connectivity index (χ1n) is 4.47. The second-order valence-corrected chi connectivity index (χ2v) is 3.68. The topological polar surface area (TPSA) is 47.3 Å². The van der Waals surface area contributed by atoms with E-state index >= 15 is 0 Å². The Kier molecular flexibility index (Phi) is 3.39. The Hall–Kier alpha value is -0.330. The average molecular weight is 212 g/mol. The van der Waals surface area contributed by atoms with E-state index in [-0.39, 0.29) is 32.0 Å². The Bertz CT molecular complexity index is 192. The molecule has 1 aliphatic carbocycles. The van der Waals surface area contributed by atoms with Gasteiger partial charge in [-0.05, 0) is 12.8 Å². The Morgan fingerprint density at radius 2 is 2.07 bits per heavy atom. The van der Waals surface area contributed by atoms with Crippen LogP contribution in [0.2, 0.25) is 0 Å². The first kappa shape index (κ1) is 11.7. The summed E-state index contributed by atoms with van der Waals surface area (Å²) in [6.07, 6.45) is -3.87. The molecule has 14 heavy (non-hydrogen) atoms. The molecule has 1 unspecified atom stereocenters. The molecule has 3 N–H and O–H groups in total. The first-order valence-corrected chi connectivity index (χ1v) is 4.47. The van der Waals surface area contributed by atoms with E-state index in [4.69, 9.17) is 10.5 Å². The number of halogens is 3. The zero-order valence-corrected chi connectivity index (χ0v) is 8.03. The summed E-state index contributed by atoms with van der Waals surface area (Å²) in [6, 6.07) is -0.389. The number of methoxy groups -OCH3 is 1. The lowest BCUT2D eigenvalue weighted by Gasteiger charge is -2.22. The molecule has 0 spiro atoms. The molecule has 1 saturated carbocycles. The van der Waals surface area contributed by atoms with Gasteiger partial charge in [-0.2, -0.15) is 13.2 Å². The molecule has 84 valence electrons. The van der Waals surface area contributed by atoms with Gasteiger partial charge in [0.1, 0.15) is 5.54 Å². The summed E-state index contributed by atoms with van der Waals surface area (Å²) in [5, 5.41) is 2.46. The van der Waals surface area contributed by atoms with Crippen molar-refractivity contribution in [3.05, 3.63) is 0 Å². The van der Waals surface area contributed by atoms with Crippen molar-refractivity contribution in [2.24, 2.45) is 5.73 Å². The van der Waals surface area contributed by atoms with Gasteiger partial charge in [-0.15, -0.1) is 0 Å². The van der Waals surface area contributed by atoms with E-state index in [2.05, 4.69) is 5.32 Å². The summed E-state index contributed by atoms with van der Waals surface area (Å²) in [4.78, 5) is 0. The summed E-state index contributed by atoms with van der Waals surface area (Å²) in [6.45, 7) is 0.397. The molecule has 1 aliphatic rings. The van der Waals surface area contributed by atoms with Crippen LogP contribution < -0.4 is 11.1 Å². The predicted molar refractivity (Wildman–Crippen MR) is 45.9 cm³/mol. The van der Waals surface area contributed by atoms with Crippen molar-refractivity contribution in [3.8, 4) is 0 Å². The number of alkyl halides is 3. The van der Waals surface area contributed by atoms with E-state index in [1.165, 1.54) is 7.11 Å². The van der Waals surface area contributed by atoms with Gasteiger partial charge >= 0.3 is 6.18 Å². The maximum absolute atomic E-state index is 12.4. The van der Waals surface area contributed by atoms with Crippen molar-refractivity contribution < 1.29 is 17.9 Å². The van der Waals surface area contributed by atoms with Crippen molar-refractivity contribution in [3.63, 3.8) is 0 Å². The molecule has 6 heteroatoms. The van der Waals surface area contributed by atoms with Crippen molar-refractivity contribution in [1.29, 1.82) is 0 Å². The molecule has 1 atom stereocenters. The molecule has 0 aromatic rings. The standard InChI is InChI=1S/C8H15F3N2O/c1-14-5-6(12)4-13-7(2-3-7)8(9,10)11/h6,13H,2-5,12H2,1H3. The number of hydrogen-bond acceptors (Lipinski definition) is 3. The summed E-state index contributed by atoms with van der Waals surface area (Å²) < 4.78 is 41.9. The number of nitrogens with two attached hydrogens (primary N) is 1. The highest BCUT2D eigenvalue weighted by molar-refractivity contribution is 5.08. The van der Waals surface area contributed by atoms with E-state index in [9.17, 15) is 13.2 Å². The molecule has 0 radical (unpaired) electrons. The van der Waals surface area contributed by atoms with Crippen molar-refractivity contribution in [2.45, 2.75) is 30.6 Å². The van der Waals surface area contributed by atoms with E-state index in [1.807, 2.05) is 0 Å². The van der Waals surface area contributed by atoms with Gasteiger partial charge < -0.3 is 15.8 Å². The lowest BCUT2D eigenvalue weighted by Crippen LogP contribution is -2.50. The Morgan fingerprint density at radius 3 is 2.43 bits per heavy atom. The minimum atomic E-state index is -4.17. The highest BCUT2D eigenvalue weighted by Crippen LogP contribution is 2.48. The number of hydrogen-bond donors (Lipinski definition) is 2. The maximum Gasteiger partial charge on any atom is 0.406 e. The third kappa shape index (κ3) is 2.59. The predicted octanol–water partition coefficient (Wildman–Crippen LogP) is 0.645. The Labute approximate surface area is 80.8 Å². The van der Waals surface area contributed by atoms with Crippen LogP contribution in [0.3, 0.4) is 0 Å². The molecule has 1 fully saturated rings. The van der Waals surface area contributed by atoms with E-state index < -0.39 is 11.7 Å². The molecule has 1 rings (SSSR count). The van der Waals surface area contributed by atoms with Crippen molar-refractivity contribution >= 4 is 0 Å². The largest absolute Gasteiger partial charge is 0.406 e. The highest BCUT2D eigenvalue weighted by atomic mass is 19.4. The summed E-state index contributed by atoms with van der Waals surface area (Å²) >= 11 is 0. The zero-order chi connectivity index (χ0) is 10.8. The Morgan fingerprint density at radius 1 is 1.50 bits per heavy atom. The smallest absolute Gasteiger partial charge is 0.383 e. The van der Waals surface area contributed by atoms with Crippen LogP contribution in [0.1, 0.15) is 12.8 Å². The average Bonchev–Trinajstić information content (AvgIpc) is 2.80. The summed E-state index contributed by atoms with van der Waals surface area (Å²) in [7, 11) is 1.47. The fourth-order valence-electron chi connectivity index (χ4n) is 1.28. The zero-order valence-electron chi connectivity index (χ0n) is 8.03. The van der Waals surface area contributed by atoms with Crippen LogP contribution in [0.4, 0.5) is 13.2 Å². The van der Waals surface area contributed by atoms with Crippen LogP contribution in [0, 0.1) is 0 Å². The van der Waals surface area contributed by atoms with Crippen LogP contribution in [0.15, 0.2) is 0 Å². The van der Waals surface area contributed by atoms with Gasteiger partial charge in [-0.3, -0.25) is 0 Å². The van der Waals surface area contributed by atoms with Crippen LogP contribution in [0.5, 0.6) is 0 Å². The molecule has 0 amide bonds. The number of rotatable bonds is 5. The minimum absolute atomic E-state index is 0.132. The van der Waals surface area contributed by atoms with Crippen molar-refractivity contribution in [2.75, 3.05) is 20.3 Å². The van der Waals surface area contributed by atoms with Gasteiger partial charge in [0.2, 0.25) is 0 Å². The molecule has 0 aromatic heterocycles. The quantitative estimate of drug-likeness (QED) is 0.703. The molecular formula is C8H15F3N2O. The van der Waals surface area contributed by atoms with E-state index in [0.29, 0.717) is 0 Å². The maximum atomic E-state index is 12.4. The second-order valence-electron chi connectivity index (χ2n) is 3.68. The normalized spacial score (nSPS) is 22.1. The SMILES string of the molecule is COCC(N)CNC1(C(F)(F)F)CC1. The molecule has 3 nitrogen and oxygen atoms in total. The monoisotopic (exact) mass is 212 g/mol.